The highest BCUT2D eigenvalue weighted by atomic mass is 16.3. The van der Waals surface area contributed by atoms with Crippen molar-refractivity contribution in [3.63, 3.8) is 0 Å². The number of aromatic nitrogens is 3. The number of aryl methyl sites for hydroxylation is 1. The van der Waals surface area contributed by atoms with E-state index in [-0.39, 0.29) is 6.61 Å². The average Bonchev–Trinajstić information content (AvgIpc) is 2.69. The number of nitrogens with two attached hydrogens (primary N) is 1. The maximum atomic E-state index is 8.65. The number of hydrogen-bond donors (Lipinski definition) is 3. The fraction of sp³-hybridized carbons (Fsp3) is 0.778. The topological polar surface area (TPSA) is 89.0 Å². The molecule has 4 N–H and O–H groups in total. The first-order chi connectivity index (χ1) is 7.36. The largest absolute Gasteiger partial charge is 0.396 e. The molecule has 15 heavy (non-hydrogen) atoms. The van der Waals surface area contributed by atoms with E-state index in [1.165, 1.54) is 0 Å². The lowest BCUT2D eigenvalue weighted by atomic mass is 10.4. The van der Waals surface area contributed by atoms with E-state index >= 15 is 0 Å². The van der Waals surface area contributed by atoms with Crippen LogP contribution in [0.15, 0.2) is 6.20 Å². The molecule has 6 heteroatoms. The third-order valence-electron chi connectivity index (χ3n) is 2.00. The quantitative estimate of drug-likeness (QED) is 0.487. The maximum Gasteiger partial charge on any atom is 0.0964 e. The van der Waals surface area contributed by atoms with Crippen molar-refractivity contribution < 1.29 is 5.11 Å². The van der Waals surface area contributed by atoms with Crippen LogP contribution in [0.1, 0.15) is 18.5 Å². The lowest BCUT2D eigenvalue weighted by molar-refractivity contribution is 0.276. The Morgan fingerprint density at radius 3 is 3.07 bits per heavy atom. The molecule has 0 spiro atoms. The Bertz CT molecular complexity index is 263. The third kappa shape index (κ3) is 4.87. The van der Waals surface area contributed by atoms with Crippen LogP contribution in [-0.4, -0.2) is 39.8 Å². The van der Waals surface area contributed by atoms with Crippen molar-refractivity contribution >= 4 is 0 Å². The van der Waals surface area contributed by atoms with Gasteiger partial charge in [-0.2, -0.15) is 0 Å². The van der Waals surface area contributed by atoms with E-state index in [1.54, 1.807) is 4.68 Å². The molecule has 6 nitrogen and oxygen atoms in total. The van der Waals surface area contributed by atoms with E-state index in [2.05, 4.69) is 15.6 Å². The number of hydrogen-bond acceptors (Lipinski definition) is 5. The van der Waals surface area contributed by atoms with Gasteiger partial charge in [-0.25, -0.2) is 0 Å². The van der Waals surface area contributed by atoms with E-state index in [4.69, 9.17) is 10.8 Å². The van der Waals surface area contributed by atoms with Crippen molar-refractivity contribution in [3.8, 4) is 0 Å². The Labute approximate surface area is 89.5 Å². The van der Waals surface area contributed by atoms with Gasteiger partial charge in [-0.05, 0) is 25.9 Å². The van der Waals surface area contributed by atoms with Crippen LogP contribution >= 0.6 is 0 Å². The molecule has 0 bridgehead atoms. The van der Waals surface area contributed by atoms with Gasteiger partial charge in [0.15, 0.2) is 0 Å². The molecule has 0 atom stereocenters. The van der Waals surface area contributed by atoms with Crippen LogP contribution in [0.25, 0.3) is 0 Å². The summed E-state index contributed by atoms with van der Waals surface area (Å²) in [6, 6.07) is 0. The van der Waals surface area contributed by atoms with Crippen LogP contribution in [0, 0.1) is 0 Å². The van der Waals surface area contributed by atoms with Gasteiger partial charge in [-0.1, -0.05) is 5.21 Å². The molecular weight excluding hydrogens is 194 g/mol. The molecule has 0 fully saturated rings. The molecule has 0 radical (unpaired) electrons. The van der Waals surface area contributed by atoms with Crippen LogP contribution in [0.2, 0.25) is 0 Å². The Morgan fingerprint density at radius 1 is 1.47 bits per heavy atom. The number of rotatable bonds is 8. The lowest BCUT2D eigenvalue weighted by Crippen LogP contribution is -2.17. The third-order valence-corrected chi connectivity index (χ3v) is 2.00. The second-order valence-electron chi connectivity index (χ2n) is 3.37. The highest BCUT2D eigenvalue weighted by molar-refractivity contribution is 4.91. The first-order valence-corrected chi connectivity index (χ1v) is 5.27. The molecule has 0 aromatic carbocycles. The number of aliphatic hydroxyl groups is 1. The predicted octanol–water partition coefficient (Wildman–Crippen LogP) is -0.901. The van der Waals surface area contributed by atoms with Gasteiger partial charge in [-0.3, -0.25) is 4.68 Å². The summed E-state index contributed by atoms with van der Waals surface area (Å²) in [7, 11) is 0. The number of aliphatic hydroxyl groups excluding tert-OH is 1. The fourth-order valence-electron chi connectivity index (χ4n) is 1.21. The molecule has 0 aliphatic carbocycles. The SMILES string of the molecule is NCCCNCc1cn(CCCO)nn1. The van der Waals surface area contributed by atoms with E-state index in [1.807, 2.05) is 6.20 Å². The molecule has 0 saturated carbocycles. The standard InChI is InChI=1S/C9H19N5O/c10-3-1-4-11-7-9-8-14(13-12-9)5-2-6-15/h8,11,15H,1-7,10H2. The van der Waals surface area contributed by atoms with Crippen molar-refractivity contribution in [1.29, 1.82) is 0 Å². The van der Waals surface area contributed by atoms with Crippen LogP contribution in [0.4, 0.5) is 0 Å². The average molecular weight is 213 g/mol. The Hall–Kier alpha value is -0.980. The van der Waals surface area contributed by atoms with Gasteiger partial charge in [0.1, 0.15) is 0 Å². The monoisotopic (exact) mass is 213 g/mol. The summed E-state index contributed by atoms with van der Waals surface area (Å²) < 4.78 is 1.75. The van der Waals surface area contributed by atoms with Crippen molar-refractivity contribution in [1.82, 2.24) is 20.3 Å². The molecule has 1 aromatic rings. The summed E-state index contributed by atoms with van der Waals surface area (Å²) in [5.74, 6) is 0. The van der Waals surface area contributed by atoms with Gasteiger partial charge in [0.05, 0.1) is 5.69 Å². The highest BCUT2D eigenvalue weighted by Gasteiger charge is 1.99. The maximum absolute atomic E-state index is 8.65. The van der Waals surface area contributed by atoms with Crippen LogP contribution in [-0.2, 0) is 13.1 Å². The summed E-state index contributed by atoms with van der Waals surface area (Å²) >= 11 is 0. The van der Waals surface area contributed by atoms with Crippen molar-refractivity contribution in [3.05, 3.63) is 11.9 Å². The summed E-state index contributed by atoms with van der Waals surface area (Å²) in [4.78, 5) is 0. The normalized spacial score (nSPS) is 10.8. The molecule has 1 rings (SSSR count). The first kappa shape index (κ1) is 12.1. The summed E-state index contributed by atoms with van der Waals surface area (Å²) in [6.45, 7) is 3.23. The molecule has 0 aliphatic heterocycles. The van der Waals surface area contributed by atoms with Crippen molar-refractivity contribution in [2.45, 2.75) is 25.9 Å². The molecule has 0 saturated heterocycles. The molecular formula is C9H19N5O. The van der Waals surface area contributed by atoms with E-state index in [9.17, 15) is 0 Å². The second kappa shape index (κ2) is 7.33. The smallest absolute Gasteiger partial charge is 0.0964 e. The molecule has 86 valence electrons. The number of nitrogens with one attached hydrogen (secondary N) is 1. The second-order valence-corrected chi connectivity index (χ2v) is 3.37. The zero-order chi connectivity index (χ0) is 10.9. The molecule has 1 heterocycles. The van der Waals surface area contributed by atoms with E-state index in [0.29, 0.717) is 19.5 Å². The van der Waals surface area contributed by atoms with Crippen molar-refractivity contribution in [2.24, 2.45) is 5.73 Å². The zero-order valence-electron chi connectivity index (χ0n) is 8.89. The van der Waals surface area contributed by atoms with E-state index in [0.717, 1.165) is 25.2 Å². The van der Waals surface area contributed by atoms with Gasteiger partial charge in [0.2, 0.25) is 0 Å². The van der Waals surface area contributed by atoms with E-state index < -0.39 is 0 Å². The Balaban J connectivity index is 2.20. The Morgan fingerprint density at radius 2 is 2.33 bits per heavy atom. The zero-order valence-corrected chi connectivity index (χ0v) is 8.89. The molecule has 0 amide bonds. The minimum absolute atomic E-state index is 0.184. The molecule has 1 aromatic heterocycles. The van der Waals surface area contributed by atoms with Gasteiger partial charge in [0.25, 0.3) is 0 Å². The summed E-state index contributed by atoms with van der Waals surface area (Å²) in [6.07, 6.45) is 3.58. The van der Waals surface area contributed by atoms with Crippen LogP contribution in [0.3, 0.4) is 0 Å². The van der Waals surface area contributed by atoms with Crippen LogP contribution < -0.4 is 11.1 Å². The molecule has 0 aliphatic rings. The fourth-order valence-corrected chi connectivity index (χ4v) is 1.21. The van der Waals surface area contributed by atoms with Gasteiger partial charge < -0.3 is 16.2 Å². The number of nitrogens with zero attached hydrogens (tertiary/aromatic N) is 3. The summed E-state index contributed by atoms with van der Waals surface area (Å²) in [5.41, 5.74) is 6.29. The lowest BCUT2D eigenvalue weighted by Gasteiger charge is -1.99. The van der Waals surface area contributed by atoms with Crippen LogP contribution in [0.5, 0.6) is 0 Å². The first-order valence-electron chi connectivity index (χ1n) is 5.27. The van der Waals surface area contributed by atoms with Crippen molar-refractivity contribution in [2.75, 3.05) is 19.7 Å². The predicted molar refractivity (Wildman–Crippen MR) is 57.1 cm³/mol. The van der Waals surface area contributed by atoms with Gasteiger partial charge in [-0.15, -0.1) is 5.10 Å². The molecule has 0 unspecified atom stereocenters. The summed E-state index contributed by atoms with van der Waals surface area (Å²) in [5, 5.41) is 19.8. The van der Waals surface area contributed by atoms with Gasteiger partial charge in [0, 0.05) is 25.9 Å². The Kier molecular flexibility index (Phi) is 5.91. The minimum Gasteiger partial charge on any atom is -0.396 e. The van der Waals surface area contributed by atoms with Gasteiger partial charge >= 0.3 is 0 Å². The minimum atomic E-state index is 0.184. The highest BCUT2D eigenvalue weighted by Crippen LogP contribution is 1.94.